The van der Waals surface area contributed by atoms with Crippen molar-refractivity contribution in [3.63, 3.8) is 0 Å². The van der Waals surface area contributed by atoms with Gasteiger partial charge in [-0.3, -0.25) is 9.59 Å². The van der Waals surface area contributed by atoms with E-state index in [-0.39, 0.29) is 18.1 Å². The summed E-state index contributed by atoms with van der Waals surface area (Å²) in [7, 11) is 0. The van der Waals surface area contributed by atoms with Gasteiger partial charge in [0.15, 0.2) is 5.78 Å². The van der Waals surface area contributed by atoms with Crippen LogP contribution < -0.4 is 11.1 Å². The van der Waals surface area contributed by atoms with E-state index in [1.807, 2.05) is 0 Å². The normalized spacial score (nSPS) is 21.0. The lowest BCUT2D eigenvalue weighted by molar-refractivity contribution is -0.122. The number of carbonyl (C=O) groups excluding carboxylic acids is 2. The maximum atomic E-state index is 11.4. The Morgan fingerprint density at radius 1 is 1.29 bits per heavy atom. The second kappa shape index (κ2) is 3.14. The van der Waals surface area contributed by atoms with E-state index in [2.05, 4.69) is 5.32 Å². The molecule has 1 fully saturated rings. The standard InChI is InChI=1S/C10H10N2O2/c11-7-4-2-1-3-6(7)10-8(13)5-9(14)12-10/h1-4,10H,5,11H2,(H,12,14). The summed E-state index contributed by atoms with van der Waals surface area (Å²) >= 11 is 0. The van der Waals surface area contributed by atoms with Gasteiger partial charge in [-0.1, -0.05) is 18.2 Å². The molecule has 0 aromatic heterocycles. The van der Waals surface area contributed by atoms with Crippen molar-refractivity contribution in [2.75, 3.05) is 5.73 Å². The van der Waals surface area contributed by atoms with Crippen molar-refractivity contribution in [3.05, 3.63) is 29.8 Å². The number of hydrogen-bond donors (Lipinski definition) is 2. The number of nitrogen functional groups attached to an aromatic ring is 1. The topological polar surface area (TPSA) is 72.2 Å². The van der Waals surface area contributed by atoms with Crippen LogP contribution in [0.25, 0.3) is 0 Å². The van der Waals surface area contributed by atoms with Crippen LogP contribution in [0.4, 0.5) is 5.69 Å². The molecule has 1 saturated heterocycles. The van der Waals surface area contributed by atoms with Crippen molar-refractivity contribution in [1.82, 2.24) is 5.32 Å². The molecule has 1 aromatic rings. The predicted octanol–water partition coefficient (Wildman–Crippen LogP) is 0.399. The van der Waals surface area contributed by atoms with Crippen LogP contribution >= 0.6 is 0 Å². The second-order valence-corrected chi connectivity index (χ2v) is 3.27. The van der Waals surface area contributed by atoms with Gasteiger partial charge in [-0.2, -0.15) is 0 Å². The van der Waals surface area contributed by atoms with Gasteiger partial charge in [0.2, 0.25) is 5.91 Å². The van der Waals surface area contributed by atoms with Gasteiger partial charge in [0.05, 0.1) is 6.42 Å². The first-order valence-electron chi connectivity index (χ1n) is 4.35. The summed E-state index contributed by atoms with van der Waals surface area (Å²) in [6.45, 7) is 0. The van der Waals surface area contributed by atoms with Crippen LogP contribution in [0.15, 0.2) is 24.3 Å². The first-order valence-corrected chi connectivity index (χ1v) is 4.35. The molecule has 3 N–H and O–H groups in total. The maximum absolute atomic E-state index is 11.4. The molecule has 14 heavy (non-hydrogen) atoms. The first kappa shape index (κ1) is 8.74. The number of nitrogens with one attached hydrogen (secondary N) is 1. The lowest BCUT2D eigenvalue weighted by Gasteiger charge is -2.11. The Kier molecular flexibility index (Phi) is 1.96. The zero-order chi connectivity index (χ0) is 10.1. The number of carbonyl (C=O) groups is 2. The predicted molar refractivity (Wildman–Crippen MR) is 51.4 cm³/mol. The first-order chi connectivity index (χ1) is 6.68. The minimum absolute atomic E-state index is 0.0427. The zero-order valence-electron chi connectivity index (χ0n) is 7.49. The van der Waals surface area contributed by atoms with E-state index in [1.54, 1.807) is 24.3 Å². The Morgan fingerprint density at radius 3 is 2.57 bits per heavy atom. The highest BCUT2D eigenvalue weighted by atomic mass is 16.2. The van der Waals surface area contributed by atoms with Gasteiger partial charge in [-0.15, -0.1) is 0 Å². The summed E-state index contributed by atoms with van der Waals surface area (Å²) in [6, 6.07) is 6.50. The van der Waals surface area contributed by atoms with E-state index in [0.717, 1.165) is 0 Å². The third-order valence-corrected chi connectivity index (χ3v) is 2.27. The van der Waals surface area contributed by atoms with Gasteiger partial charge in [0.25, 0.3) is 0 Å². The van der Waals surface area contributed by atoms with Gasteiger partial charge < -0.3 is 11.1 Å². The van der Waals surface area contributed by atoms with Crippen molar-refractivity contribution in [3.8, 4) is 0 Å². The van der Waals surface area contributed by atoms with Gasteiger partial charge in [-0.25, -0.2) is 0 Å². The summed E-state index contributed by atoms with van der Waals surface area (Å²) in [5.41, 5.74) is 6.92. The highest BCUT2D eigenvalue weighted by Crippen LogP contribution is 2.25. The fourth-order valence-corrected chi connectivity index (χ4v) is 1.58. The Balaban J connectivity index is 2.36. The number of benzene rings is 1. The average molecular weight is 190 g/mol. The molecule has 0 radical (unpaired) electrons. The van der Waals surface area contributed by atoms with Crippen LogP contribution in [0.1, 0.15) is 18.0 Å². The molecule has 1 unspecified atom stereocenters. The monoisotopic (exact) mass is 190 g/mol. The quantitative estimate of drug-likeness (QED) is 0.497. The van der Waals surface area contributed by atoms with Gasteiger partial charge >= 0.3 is 0 Å². The number of ketones is 1. The summed E-state index contributed by atoms with van der Waals surface area (Å²) in [6.07, 6.45) is -0.0427. The number of Topliss-reactive ketones (excluding diaryl/α,β-unsaturated/α-hetero) is 1. The smallest absolute Gasteiger partial charge is 0.228 e. The summed E-state index contributed by atoms with van der Waals surface area (Å²) < 4.78 is 0. The molecule has 1 aromatic carbocycles. The fourth-order valence-electron chi connectivity index (χ4n) is 1.58. The summed E-state index contributed by atoms with van der Waals surface area (Å²) in [5, 5.41) is 2.59. The average Bonchev–Trinajstić information content (AvgIpc) is 2.46. The number of hydrogen-bond acceptors (Lipinski definition) is 3. The van der Waals surface area contributed by atoms with Crippen LogP contribution in [0, 0.1) is 0 Å². The lowest BCUT2D eigenvalue weighted by atomic mass is 10.0. The highest BCUT2D eigenvalue weighted by molar-refractivity contribution is 6.08. The van der Waals surface area contributed by atoms with E-state index in [9.17, 15) is 9.59 Å². The SMILES string of the molecule is Nc1ccccc1C1NC(=O)CC1=O. The molecule has 4 heteroatoms. The molecule has 0 spiro atoms. The van der Waals surface area contributed by atoms with Gasteiger partial charge in [-0.05, 0) is 6.07 Å². The molecule has 1 heterocycles. The van der Waals surface area contributed by atoms with Gasteiger partial charge in [0, 0.05) is 11.3 Å². The molecule has 72 valence electrons. The maximum Gasteiger partial charge on any atom is 0.228 e. The summed E-state index contributed by atoms with van der Waals surface area (Å²) in [5.74, 6) is -0.351. The largest absolute Gasteiger partial charge is 0.398 e. The van der Waals surface area contributed by atoms with Crippen LogP contribution in [-0.4, -0.2) is 11.7 Å². The molecule has 1 amide bonds. The number of rotatable bonds is 1. The zero-order valence-corrected chi connectivity index (χ0v) is 7.49. The van der Waals surface area contributed by atoms with Crippen molar-refractivity contribution < 1.29 is 9.59 Å². The molecule has 0 aliphatic carbocycles. The van der Waals surface area contributed by atoms with Crippen LogP contribution in [0.2, 0.25) is 0 Å². The molecular formula is C10H10N2O2. The van der Waals surface area contributed by atoms with Crippen LogP contribution in [0.3, 0.4) is 0 Å². The molecule has 1 aliphatic rings. The Labute approximate surface area is 81.1 Å². The van der Waals surface area contributed by atoms with E-state index in [0.29, 0.717) is 11.3 Å². The van der Waals surface area contributed by atoms with Crippen molar-refractivity contribution in [2.24, 2.45) is 0 Å². The Morgan fingerprint density at radius 2 is 2.00 bits per heavy atom. The third-order valence-electron chi connectivity index (χ3n) is 2.27. The molecule has 0 saturated carbocycles. The van der Waals surface area contributed by atoms with E-state index in [4.69, 9.17) is 5.73 Å². The van der Waals surface area contributed by atoms with Gasteiger partial charge in [0.1, 0.15) is 6.04 Å². The number of para-hydroxylation sites is 1. The highest BCUT2D eigenvalue weighted by Gasteiger charge is 2.32. The number of amides is 1. The van der Waals surface area contributed by atoms with Crippen LogP contribution in [-0.2, 0) is 9.59 Å². The summed E-state index contributed by atoms with van der Waals surface area (Å²) in [4.78, 5) is 22.4. The third kappa shape index (κ3) is 1.35. The molecule has 4 nitrogen and oxygen atoms in total. The minimum Gasteiger partial charge on any atom is -0.398 e. The molecule has 0 bridgehead atoms. The Hall–Kier alpha value is -1.84. The minimum atomic E-state index is -0.552. The number of nitrogens with two attached hydrogens (primary N) is 1. The molecular weight excluding hydrogens is 180 g/mol. The van der Waals surface area contributed by atoms with Crippen molar-refractivity contribution in [1.29, 1.82) is 0 Å². The van der Waals surface area contributed by atoms with Crippen LogP contribution in [0.5, 0.6) is 0 Å². The molecule has 1 aliphatic heterocycles. The van der Waals surface area contributed by atoms with E-state index < -0.39 is 6.04 Å². The second-order valence-electron chi connectivity index (χ2n) is 3.27. The number of anilines is 1. The van der Waals surface area contributed by atoms with Crippen molar-refractivity contribution in [2.45, 2.75) is 12.5 Å². The Bertz CT molecular complexity index is 401. The molecule has 1 atom stereocenters. The molecule has 2 rings (SSSR count). The lowest BCUT2D eigenvalue weighted by Crippen LogP contribution is -2.21. The fraction of sp³-hybridized carbons (Fsp3) is 0.200. The van der Waals surface area contributed by atoms with E-state index in [1.165, 1.54) is 0 Å². The van der Waals surface area contributed by atoms with E-state index >= 15 is 0 Å². The van der Waals surface area contributed by atoms with Crippen molar-refractivity contribution >= 4 is 17.4 Å².